The van der Waals surface area contributed by atoms with Crippen molar-refractivity contribution < 1.29 is 46.5 Å². The van der Waals surface area contributed by atoms with Gasteiger partial charge in [-0.15, -0.1) is 6.54 Å². The molecule has 0 saturated heterocycles. The van der Waals surface area contributed by atoms with Crippen molar-refractivity contribution >= 4 is 19.4 Å². The van der Waals surface area contributed by atoms with Crippen molar-refractivity contribution in [1.29, 1.82) is 0 Å². The topological polar surface area (TPSA) is 56.1 Å². The van der Waals surface area contributed by atoms with Crippen LogP contribution in [-0.4, -0.2) is 44.5 Å². The molecule has 2 N–H and O–H groups in total. The molecule has 0 saturated carbocycles. The molecule has 0 unspecified atom stereocenters. The van der Waals surface area contributed by atoms with E-state index in [1.165, 1.54) is 0 Å². The van der Waals surface area contributed by atoms with Crippen molar-refractivity contribution in [3.05, 3.63) is 5.73 Å². The smallest absolute Gasteiger partial charge is 0.218 e. The van der Waals surface area contributed by atoms with Crippen LogP contribution in [0.4, 0.5) is 0 Å². The van der Waals surface area contributed by atoms with Crippen molar-refractivity contribution in [2.45, 2.75) is 6.42 Å². The Labute approximate surface area is 121 Å². The molecule has 13 heavy (non-hydrogen) atoms. The minimum atomic E-state index is -0.0261. The monoisotopic (exact) mass is 331 g/mol. The van der Waals surface area contributed by atoms with Gasteiger partial charge in [0.15, 0.2) is 0 Å². The van der Waals surface area contributed by atoms with Crippen LogP contribution in [0.15, 0.2) is 0 Å². The zero-order valence-corrected chi connectivity index (χ0v) is 12.2. The fourth-order valence-electron chi connectivity index (χ4n) is 0.621. The molecule has 0 rings (SSSR count). The van der Waals surface area contributed by atoms with Crippen LogP contribution < -0.4 is 5.32 Å². The number of hydrogen-bond donors (Lipinski definition) is 1. The van der Waals surface area contributed by atoms with E-state index < -0.39 is 0 Å². The maximum absolute atomic E-state index is 10.8. The van der Waals surface area contributed by atoms with Crippen molar-refractivity contribution in [3.8, 4) is 0 Å². The summed E-state index contributed by atoms with van der Waals surface area (Å²) in [7, 11) is 3.91. The molecular weight excluding hydrogens is 314 g/mol. The SMILES string of the molecule is CN(C)CCNC(=O)CC[NH-].[Ce].[SH-]. The summed E-state index contributed by atoms with van der Waals surface area (Å²) in [5.41, 5.74) is 6.78. The normalized spacial score (nSPS) is 8.62. The number of thiol groups is 1. The fraction of sp³-hybridized carbons (Fsp3) is 0.857. The first-order chi connectivity index (χ1) is 5.16. The number of carbonyl (C=O) groups excluding carboxylic acids is 1. The molecule has 0 fully saturated rings. The molecule has 0 aliphatic heterocycles. The number of nitrogens with zero attached hydrogens (tertiary/aromatic N) is 1. The number of carbonyl (C=O) groups is 1. The molecule has 4 nitrogen and oxygen atoms in total. The van der Waals surface area contributed by atoms with E-state index in [9.17, 15) is 4.79 Å². The number of rotatable bonds is 5. The van der Waals surface area contributed by atoms with Crippen LogP contribution in [-0.2, 0) is 18.3 Å². The minimum absolute atomic E-state index is 0. The van der Waals surface area contributed by atoms with E-state index in [0.717, 1.165) is 6.54 Å². The predicted molar refractivity (Wildman–Crippen MR) is 54.1 cm³/mol. The third kappa shape index (κ3) is 15.8. The molecule has 0 spiro atoms. The predicted octanol–water partition coefficient (Wildman–Crippen LogP) is -0.164. The van der Waals surface area contributed by atoms with Crippen molar-refractivity contribution in [2.24, 2.45) is 0 Å². The Morgan fingerprint density at radius 3 is 2.38 bits per heavy atom. The van der Waals surface area contributed by atoms with Crippen LogP contribution in [0, 0.1) is 41.7 Å². The van der Waals surface area contributed by atoms with Crippen LogP contribution in [0.5, 0.6) is 0 Å². The molecule has 0 aliphatic rings. The van der Waals surface area contributed by atoms with Gasteiger partial charge < -0.3 is 29.4 Å². The number of amides is 1. The van der Waals surface area contributed by atoms with Gasteiger partial charge in [0.05, 0.1) is 0 Å². The standard InChI is InChI=1S/C7H16N3O.Ce.H2S/c1-10(2)6-5-9-7(11)3-4-8;;/h8H,3-6H2,1-2H3,(H,9,11);;1H2/q-1;;/p-1. The van der Waals surface area contributed by atoms with E-state index >= 15 is 0 Å². The van der Waals surface area contributed by atoms with Crippen molar-refractivity contribution in [3.63, 3.8) is 0 Å². The first-order valence-electron chi connectivity index (χ1n) is 3.73. The number of nitrogens with one attached hydrogen (secondary N) is 2. The Bertz CT molecular complexity index is 124. The Kier molecular flexibility index (Phi) is 19.8. The van der Waals surface area contributed by atoms with Gasteiger partial charge in [0.1, 0.15) is 0 Å². The van der Waals surface area contributed by atoms with Gasteiger partial charge in [-0.2, -0.15) is 0 Å². The van der Waals surface area contributed by atoms with Gasteiger partial charge in [0.2, 0.25) is 5.91 Å². The van der Waals surface area contributed by atoms with Crippen LogP contribution in [0.2, 0.25) is 0 Å². The first kappa shape index (κ1) is 19.7. The minimum Gasteiger partial charge on any atom is -0.813 e. The molecule has 0 aliphatic carbocycles. The summed E-state index contributed by atoms with van der Waals surface area (Å²) >= 11 is 0. The average Bonchev–Trinajstić information content (AvgIpc) is 1.87. The zero-order chi connectivity index (χ0) is 8.69. The second kappa shape index (κ2) is 13.1. The summed E-state index contributed by atoms with van der Waals surface area (Å²) in [6.07, 6.45) is 0.313. The second-order valence-electron chi connectivity index (χ2n) is 2.65. The van der Waals surface area contributed by atoms with Gasteiger partial charge in [0, 0.05) is 61.3 Å². The van der Waals surface area contributed by atoms with E-state index in [1.54, 1.807) is 0 Å². The summed E-state index contributed by atoms with van der Waals surface area (Å²) in [6.45, 7) is 1.70. The quantitative estimate of drug-likeness (QED) is 0.562. The summed E-state index contributed by atoms with van der Waals surface area (Å²) in [4.78, 5) is 12.8. The molecular formula is C7H17CeN3OS-2. The Morgan fingerprint density at radius 2 is 2.00 bits per heavy atom. The van der Waals surface area contributed by atoms with Gasteiger partial charge in [0.25, 0.3) is 0 Å². The molecule has 0 aromatic carbocycles. The van der Waals surface area contributed by atoms with E-state index in [-0.39, 0.29) is 67.7 Å². The second-order valence-corrected chi connectivity index (χ2v) is 2.65. The van der Waals surface area contributed by atoms with Crippen LogP contribution >= 0.6 is 0 Å². The molecule has 0 bridgehead atoms. The Balaban J connectivity index is -0.000000500. The Hall–Kier alpha value is 1.12. The molecule has 0 aromatic rings. The summed E-state index contributed by atoms with van der Waals surface area (Å²) < 4.78 is 0. The van der Waals surface area contributed by atoms with Gasteiger partial charge >= 0.3 is 0 Å². The average molecular weight is 331 g/mol. The summed E-state index contributed by atoms with van der Waals surface area (Å²) in [5.74, 6) is -0.0261. The van der Waals surface area contributed by atoms with Gasteiger partial charge in [-0.25, -0.2) is 0 Å². The molecule has 0 aromatic heterocycles. The van der Waals surface area contributed by atoms with E-state index in [1.807, 2.05) is 19.0 Å². The first-order valence-corrected chi connectivity index (χ1v) is 3.73. The van der Waals surface area contributed by atoms with Crippen LogP contribution in [0.1, 0.15) is 6.42 Å². The summed E-state index contributed by atoms with van der Waals surface area (Å²) in [6, 6.07) is 0. The molecule has 0 heterocycles. The molecule has 1 amide bonds. The van der Waals surface area contributed by atoms with E-state index in [2.05, 4.69) is 5.32 Å². The van der Waals surface area contributed by atoms with Gasteiger partial charge in [-0.3, -0.25) is 4.79 Å². The molecule has 0 radical (unpaired) electrons. The number of likely N-dealkylation sites (N-methyl/N-ethyl adjacent to an activating group) is 1. The van der Waals surface area contributed by atoms with Crippen LogP contribution in [0.25, 0.3) is 5.73 Å². The maximum Gasteiger partial charge on any atom is 0.218 e. The Morgan fingerprint density at radius 1 is 1.46 bits per heavy atom. The molecule has 78 valence electrons. The zero-order valence-electron chi connectivity index (χ0n) is 8.13. The largest absolute Gasteiger partial charge is 0.813 e. The van der Waals surface area contributed by atoms with E-state index in [4.69, 9.17) is 5.73 Å². The third-order valence-electron chi connectivity index (χ3n) is 1.23. The van der Waals surface area contributed by atoms with Crippen molar-refractivity contribution in [1.82, 2.24) is 10.2 Å². The summed E-state index contributed by atoms with van der Waals surface area (Å²) in [5, 5.41) is 2.71. The molecule has 0 atom stereocenters. The third-order valence-corrected chi connectivity index (χ3v) is 1.23. The molecule has 6 heteroatoms. The maximum atomic E-state index is 10.8. The van der Waals surface area contributed by atoms with E-state index in [0.29, 0.717) is 13.0 Å². The van der Waals surface area contributed by atoms with Crippen molar-refractivity contribution in [2.75, 3.05) is 33.7 Å². The van der Waals surface area contributed by atoms with Gasteiger partial charge in [-0.05, 0) is 14.1 Å². The van der Waals surface area contributed by atoms with Crippen LogP contribution in [0.3, 0.4) is 0 Å². The number of hydrogen-bond acceptors (Lipinski definition) is 3. The fourth-order valence-corrected chi connectivity index (χ4v) is 0.621. The van der Waals surface area contributed by atoms with Gasteiger partial charge in [-0.1, -0.05) is 0 Å².